The maximum Gasteiger partial charge on any atom is 0.338 e. The van der Waals surface area contributed by atoms with E-state index in [2.05, 4.69) is 45.9 Å². The smallest absolute Gasteiger partial charge is 0.338 e. The predicted octanol–water partition coefficient (Wildman–Crippen LogP) is 4.38. The van der Waals surface area contributed by atoms with Crippen LogP contribution in [-0.4, -0.2) is 39.3 Å². The first kappa shape index (κ1) is 19.1. The van der Waals surface area contributed by atoms with Crippen LogP contribution in [-0.2, 0) is 4.74 Å². The fourth-order valence-corrected chi connectivity index (χ4v) is 4.69. The van der Waals surface area contributed by atoms with Crippen LogP contribution in [0.5, 0.6) is 0 Å². The molecule has 2 aromatic rings. The van der Waals surface area contributed by atoms with Gasteiger partial charge in [-0.25, -0.2) is 9.37 Å². The Morgan fingerprint density at radius 1 is 0.969 bits per heavy atom. The summed E-state index contributed by atoms with van der Waals surface area (Å²) < 4.78 is 13.9. The number of ether oxygens (including phenoxy) is 1. The molecule has 0 bridgehead atoms. The van der Waals surface area contributed by atoms with Crippen LogP contribution < -0.4 is 14.8 Å². The zero-order valence-electron chi connectivity index (χ0n) is 18.1. The summed E-state index contributed by atoms with van der Waals surface area (Å²) in [4.78, 5) is 15.0. The summed E-state index contributed by atoms with van der Waals surface area (Å²) >= 11 is 0. The second-order valence-electron chi connectivity index (χ2n) is 8.56. The van der Waals surface area contributed by atoms with E-state index in [0.717, 1.165) is 59.6 Å². The van der Waals surface area contributed by atoms with E-state index in [1.807, 2.05) is 24.3 Å². The Labute approximate surface area is 186 Å². The molecule has 6 rings (SSSR count). The van der Waals surface area contributed by atoms with Crippen LogP contribution in [0.3, 0.4) is 0 Å². The molecule has 1 aliphatic carbocycles. The van der Waals surface area contributed by atoms with Crippen LogP contribution >= 0.6 is 0 Å². The molecule has 5 heteroatoms. The van der Waals surface area contributed by atoms with Crippen molar-refractivity contribution in [2.45, 2.75) is 12.8 Å². The lowest BCUT2D eigenvalue weighted by atomic mass is 9.90. The third kappa shape index (κ3) is 3.00. The number of anilines is 1. The first-order valence-electron chi connectivity index (χ1n) is 11.2. The van der Waals surface area contributed by atoms with Gasteiger partial charge >= 0.3 is 5.97 Å². The summed E-state index contributed by atoms with van der Waals surface area (Å²) in [7, 11) is 1.42. The minimum absolute atomic E-state index is 0.336. The molecule has 5 nitrogen and oxygen atoms in total. The fourth-order valence-electron chi connectivity index (χ4n) is 4.69. The molecule has 0 atom stereocenters. The van der Waals surface area contributed by atoms with Gasteiger partial charge in [-0.05, 0) is 36.2 Å². The average Bonchev–Trinajstić information content (AvgIpc) is 2.74. The minimum atomic E-state index is -0.336. The Bertz CT molecular complexity index is 1390. The van der Waals surface area contributed by atoms with Gasteiger partial charge in [0.05, 0.1) is 25.2 Å². The van der Waals surface area contributed by atoms with Gasteiger partial charge in [-0.3, -0.25) is 0 Å². The summed E-state index contributed by atoms with van der Waals surface area (Å²) in [5.74, 6) is 0.495. The monoisotopic (exact) mass is 425 g/mol. The average molecular weight is 426 g/mol. The molecular formula is C27H25N2O3+. The fraction of sp³-hybridized carbons (Fsp3) is 0.259. The molecule has 2 aromatic carbocycles. The Morgan fingerprint density at radius 3 is 2.53 bits per heavy atom. The van der Waals surface area contributed by atoms with E-state index in [1.165, 1.54) is 31.0 Å². The highest BCUT2D eigenvalue weighted by atomic mass is 16.5. The van der Waals surface area contributed by atoms with Crippen molar-refractivity contribution in [3.05, 3.63) is 71.6 Å². The highest BCUT2D eigenvalue weighted by Crippen LogP contribution is 2.42. The van der Waals surface area contributed by atoms with E-state index in [4.69, 9.17) is 9.15 Å². The Balaban J connectivity index is 1.67. The van der Waals surface area contributed by atoms with Gasteiger partial charge < -0.3 is 14.1 Å². The minimum Gasteiger partial charge on any atom is -0.465 e. The van der Waals surface area contributed by atoms with E-state index < -0.39 is 0 Å². The van der Waals surface area contributed by atoms with Crippen molar-refractivity contribution in [1.82, 2.24) is 4.58 Å². The Hall–Kier alpha value is -3.60. The Kier molecular flexibility index (Phi) is 4.49. The number of esters is 1. The summed E-state index contributed by atoms with van der Waals surface area (Å²) in [5.41, 5.74) is 5.43. The van der Waals surface area contributed by atoms with E-state index in [-0.39, 0.29) is 5.97 Å². The maximum atomic E-state index is 12.6. The zero-order chi connectivity index (χ0) is 21.7. The molecule has 0 amide bonds. The van der Waals surface area contributed by atoms with Crippen molar-refractivity contribution >= 4 is 22.6 Å². The third-order valence-electron chi connectivity index (χ3n) is 6.73. The number of nitrogens with zero attached hydrogens (tertiary/aromatic N) is 2. The maximum absolute atomic E-state index is 12.6. The molecule has 4 aliphatic rings. The number of carbonyl (C=O) groups excluding carboxylic acids is 1. The molecule has 0 radical (unpaired) electrons. The first-order chi connectivity index (χ1) is 15.7. The van der Waals surface area contributed by atoms with Gasteiger partial charge in [-0.15, -0.1) is 0 Å². The van der Waals surface area contributed by atoms with Crippen molar-refractivity contribution in [2.75, 3.05) is 38.2 Å². The number of fused-ring (bicyclic) bond motifs is 2. The summed E-state index contributed by atoms with van der Waals surface area (Å²) in [5, 5.41) is 2.17. The molecule has 0 saturated carbocycles. The van der Waals surface area contributed by atoms with Crippen LogP contribution in [0, 0.1) is 0 Å². The third-order valence-corrected chi connectivity index (χ3v) is 6.73. The van der Waals surface area contributed by atoms with Crippen molar-refractivity contribution < 1.29 is 13.9 Å². The second-order valence-corrected chi connectivity index (χ2v) is 8.56. The number of rotatable bonds is 3. The van der Waals surface area contributed by atoms with E-state index in [0.29, 0.717) is 5.56 Å². The van der Waals surface area contributed by atoms with Crippen LogP contribution in [0.25, 0.3) is 33.4 Å². The molecule has 160 valence electrons. The van der Waals surface area contributed by atoms with Crippen LogP contribution in [0.4, 0.5) is 5.69 Å². The second kappa shape index (κ2) is 7.52. The molecular weight excluding hydrogens is 400 g/mol. The largest absolute Gasteiger partial charge is 0.465 e. The van der Waals surface area contributed by atoms with Crippen LogP contribution in [0.2, 0.25) is 0 Å². The van der Waals surface area contributed by atoms with Crippen LogP contribution in [0.15, 0.2) is 65.1 Å². The number of hydrogen-bond donors (Lipinski definition) is 0. The summed E-state index contributed by atoms with van der Waals surface area (Å²) in [6, 6.07) is 20.5. The van der Waals surface area contributed by atoms with Crippen molar-refractivity contribution in [1.29, 1.82) is 0 Å². The number of benzene rings is 3. The number of hydrogen-bond acceptors (Lipinski definition) is 4. The van der Waals surface area contributed by atoms with Gasteiger partial charge in [-0.1, -0.05) is 18.2 Å². The zero-order valence-corrected chi connectivity index (χ0v) is 18.1. The number of methoxy groups -OCH3 is 1. The van der Waals surface area contributed by atoms with Crippen LogP contribution in [0.1, 0.15) is 23.2 Å². The van der Waals surface area contributed by atoms with Gasteiger partial charge in [0.1, 0.15) is 24.4 Å². The standard InChI is InChI=1S/C27H25N2O3/c1-31-27(30)21-7-3-2-6-20(21)26-22-10-8-18(28-12-4-13-28)16-24(22)32-25-17-19(9-11-23(25)26)29-14-5-15-29/h2-3,6-11,16-17H,4-5,12-15H2,1H3/q+1. The van der Waals surface area contributed by atoms with Crippen molar-refractivity contribution in [3.63, 3.8) is 0 Å². The van der Waals surface area contributed by atoms with Gasteiger partial charge in [0.15, 0.2) is 0 Å². The molecule has 0 N–H and O–H groups in total. The molecule has 3 aliphatic heterocycles. The molecule has 3 heterocycles. The van der Waals surface area contributed by atoms with Crippen molar-refractivity contribution in [3.8, 4) is 22.5 Å². The van der Waals surface area contributed by atoms with E-state index >= 15 is 0 Å². The van der Waals surface area contributed by atoms with Gasteiger partial charge in [-0.2, -0.15) is 0 Å². The van der Waals surface area contributed by atoms with E-state index in [9.17, 15) is 4.79 Å². The van der Waals surface area contributed by atoms with Gasteiger partial charge in [0.25, 0.3) is 0 Å². The highest BCUT2D eigenvalue weighted by Gasteiger charge is 2.24. The summed E-state index contributed by atoms with van der Waals surface area (Å²) in [6.45, 7) is 4.32. The topological polar surface area (TPSA) is 45.7 Å². The lowest BCUT2D eigenvalue weighted by Gasteiger charge is -2.33. The quantitative estimate of drug-likeness (QED) is 0.278. The molecule has 0 aromatic heterocycles. The molecule has 2 fully saturated rings. The SMILES string of the molecule is COC(=O)c1ccccc1-c1c2ccc(=[N+]3CCC3)cc-2oc2cc(N3CCC3)ccc12. The highest BCUT2D eigenvalue weighted by molar-refractivity contribution is 6.08. The van der Waals surface area contributed by atoms with Gasteiger partial charge in [0, 0.05) is 47.4 Å². The lowest BCUT2D eigenvalue weighted by Crippen LogP contribution is -2.40. The first-order valence-corrected chi connectivity index (χ1v) is 11.2. The molecule has 0 unspecified atom stereocenters. The molecule has 2 saturated heterocycles. The van der Waals surface area contributed by atoms with Crippen molar-refractivity contribution in [2.24, 2.45) is 0 Å². The van der Waals surface area contributed by atoms with E-state index in [1.54, 1.807) is 0 Å². The summed E-state index contributed by atoms with van der Waals surface area (Å²) in [6.07, 6.45) is 2.45. The van der Waals surface area contributed by atoms with Gasteiger partial charge in [0.2, 0.25) is 5.36 Å². The molecule has 32 heavy (non-hydrogen) atoms. The number of carbonyl (C=O) groups is 1. The molecule has 0 spiro atoms. The Morgan fingerprint density at radius 2 is 1.81 bits per heavy atom. The lowest BCUT2D eigenvalue weighted by molar-refractivity contribution is 0.0601. The normalized spacial score (nSPS) is 15.5. The predicted molar refractivity (Wildman–Crippen MR) is 126 cm³/mol.